The Kier molecular flexibility index (Phi) is 6.29. The van der Waals surface area contributed by atoms with Crippen molar-refractivity contribution in [3.63, 3.8) is 0 Å². The maximum atomic E-state index is 14.6. The molecule has 0 bridgehead atoms. The summed E-state index contributed by atoms with van der Waals surface area (Å²) in [5.74, 6) is -0.800. The number of hydrogen-bond donors (Lipinski definition) is 1. The van der Waals surface area contributed by atoms with Gasteiger partial charge in [-0.2, -0.15) is 9.37 Å². The number of thioether (sulfide) groups is 1. The predicted molar refractivity (Wildman–Crippen MR) is 133 cm³/mol. The van der Waals surface area contributed by atoms with Crippen LogP contribution in [0.2, 0.25) is 0 Å². The van der Waals surface area contributed by atoms with Crippen LogP contribution < -0.4 is 15.6 Å². The number of nitrogens with one attached hydrogen (secondary N) is 1. The molecular formula is C24H16F2N4O4S2. The molecule has 0 unspecified atom stereocenters. The number of carbonyl (C=O) groups is 1. The largest absolute Gasteiger partial charge is 0.457 e. The lowest BCUT2D eigenvalue weighted by molar-refractivity contribution is 0.102. The molecule has 0 aliphatic heterocycles. The van der Waals surface area contributed by atoms with Gasteiger partial charge in [0.05, 0.1) is 27.8 Å². The van der Waals surface area contributed by atoms with Crippen molar-refractivity contribution in [3.05, 3.63) is 81.9 Å². The van der Waals surface area contributed by atoms with Crippen molar-refractivity contribution in [1.82, 2.24) is 14.5 Å². The molecule has 0 fully saturated rings. The van der Waals surface area contributed by atoms with Gasteiger partial charge in [-0.1, -0.05) is 11.8 Å². The zero-order valence-electron chi connectivity index (χ0n) is 18.7. The molecule has 5 rings (SSSR count). The Morgan fingerprint density at radius 1 is 1.14 bits per heavy atom. The van der Waals surface area contributed by atoms with Crippen LogP contribution in [0, 0.1) is 10.9 Å². The van der Waals surface area contributed by atoms with E-state index in [0.717, 1.165) is 17.4 Å². The van der Waals surface area contributed by atoms with E-state index in [0.29, 0.717) is 21.5 Å². The molecule has 36 heavy (non-hydrogen) atoms. The number of aromatic nitrogens is 3. The highest BCUT2D eigenvalue weighted by molar-refractivity contribution is 7.98. The molecule has 0 atom stereocenters. The number of hydrogen-bond acceptors (Lipinski definition) is 8. The van der Waals surface area contributed by atoms with Gasteiger partial charge in [-0.05, 0) is 48.7 Å². The molecule has 0 saturated carbocycles. The number of thiophene rings is 1. The highest BCUT2D eigenvalue weighted by atomic mass is 32.2. The van der Waals surface area contributed by atoms with Gasteiger partial charge in [0.1, 0.15) is 17.3 Å². The summed E-state index contributed by atoms with van der Waals surface area (Å²) in [4.78, 5) is 34.1. The van der Waals surface area contributed by atoms with E-state index in [2.05, 4.69) is 15.3 Å². The summed E-state index contributed by atoms with van der Waals surface area (Å²) in [6.07, 6.45) is 3.14. The average molecular weight is 527 g/mol. The molecule has 0 aliphatic carbocycles. The van der Waals surface area contributed by atoms with Gasteiger partial charge >= 0.3 is 0 Å². The number of fused-ring (bicyclic) bond motifs is 1. The topological polar surface area (TPSA) is 99.2 Å². The number of anilines is 1. The molecule has 1 N–H and O–H groups in total. The number of benzene rings is 2. The fourth-order valence-electron chi connectivity index (χ4n) is 3.38. The third-order valence-corrected chi connectivity index (χ3v) is 6.50. The minimum absolute atomic E-state index is 0.0879. The smallest absolute Gasteiger partial charge is 0.278 e. The quantitative estimate of drug-likeness (QED) is 0.284. The summed E-state index contributed by atoms with van der Waals surface area (Å²) in [5, 5.41) is 2.60. The Hall–Kier alpha value is -4.03. The van der Waals surface area contributed by atoms with E-state index in [-0.39, 0.29) is 33.7 Å². The summed E-state index contributed by atoms with van der Waals surface area (Å²) in [7, 11) is 1.59. The third kappa shape index (κ3) is 4.60. The van der Waals surface area contributed by atoms with Gasteiger partial charge in [0, 0.05) is 13.1 Å². The summed E-state index contributed by atoms with van der Waals surface area (Å²) in [5.41, 5.74) is 0.00462. The van der Waals surface area contributed by atoms with E-state index < -0.39 is 16.9 Å². The number of nitrogens with zero attached hydrogens (tertiary/aromatic N) is 3. The molecule has 2 aromatic carbocycles. The Bertz CT molecular complexity index is 1680. The van der Waals surface area contributed by atoms with Crippen LogP contribution in [0.1, 0.15) is 10.5 Å². The molecule has 1 amide bonds. The first-order chi connectivity index (χ1) is 17.3. The van der Waals surface area contributed by atoms with Crippen LogP contribution in [-0.2, 0) is 7.05 Å². The van der Waals surface area contributed by atoms with Crippen LogP contribution in [0.3, 0.4) is 0 Å². The second-order valence-electron chi connectivity index (χ2n) is 7.50. The van der Waals surface area contributed by atoms with Gasteiger partial charge in [-0.3, -0.25) is 9.59 Å². The lowest BCUT2D eigenvalue weighted by atomic mass is 10.2. The van der Waals surface area contributed by atoms with E-state index in [4.69, 9.17) is 9.15 Å². The van der Waals surface area contributed by atoms with Crippen LogP contribution in [-0.4, -0.2) is 26.7 Å². The van der Waals surface area contributed by atoms with Crippen LogP contribution in [0.4, 0.5) is 14.5 Å². The first-order valence-electron chi connectivity index (χ1n) is 10.4. The Morgan fingerprint density at radius 2 is 1.92 bits per heavy atom. The van der Waals surface area contributed by atoms with Crippen molar-refractivity contribution < 1.29 is 22.7 Å². The molecule has 0 saturated heterocycles. The normalized spacial score (nSPS) is 11.1. The maximum absolute atomic E-state index is 14.6. The monoisotopic (exact) mass is 526 g/mol. The van der Waals surface area contributed by atoms with E-state index >= 15 is 0 Å². The standard InChI is InChI=1S/C24H16F2N4O4S2/c1-30-11-27-16-6-4-12(9-14(16)23(30)32)33-13-3-5-15(25)17(10-13)28-22(31)20-21(34-24(29-20)35-2)18-7-8-19(26)36-18/h3-11H,1-2H3,(H,28,31). The molecule has 0 spiro atoms. The zero-order valence-corrected chi connectivity index (χ0v) is 20.4. The van der Waals surface area contributed by atoms with E-state index in [9.17, 15) is 18.4 Å². The number of ether oxygens (including phenoxy) is 1. The number of carbonyl (C=O) groups excluding carboxylic acids is 1. The third-order valence-electron chi connectivity index (χ3n) is 5.10. The fraction of sp³-hybridized carbons (Fsp3) is 0.0833. The summed E-state index contributed by atoms with van der Waals surface area (Å²) >= 11 is 1.97. The lowest BCUT2D eigenvalue weighted by Gasteiger charge is -2.10. The van der Waals surface area contributed by atoms with Crippen LogP contribution >= 0.6 is 23.1 Å². The van der Waals surface area contributed by atoms with Gasteiger partial charge in [-0.15, -0.1) is 11.3 Å². The summed E-state index contributed by atoms with van der Waals surface area (Å²) < 4.78 is 40.9. The fourth-order valence-corrected chi connectivity index (χ4v) is 4.44. The second kappa shape index (κ2) is 9.55. The molecule has 182 valence electrons. The molecule has 3 aromatic heterocycles. The first kappa shape index (κ1) is 23.7. The Balaban J connectivity index is 1.43. The maximum Gasteiger partial charge on any atom is 0.278 e. The minimum Gasteiger partial charge on any atom is -0.457 e. The number of aryl methyl sites for hydroxylation is 1. The predicted octanol–water partition coefficient (Wildman–Crippen LogP) is 5.69. The summed E-state index contributed by atoms with van der Waals surface area (Å²) in [6, 6.07) is 11.4. The number of oxazole rings is 1. The van der Waals surface area contributed by atoms with Crippen LogP contribution in [0.25, 0.3) is 21.5 Å². The van der Waals surface area contributed by atoms with Crippen LogP contribution in [0.15, 0.2) is 69.3 Å². The van der Waals surface area contributed by atoms with Crippen molar-refractivity contribution in [1.29, 1.82) is 0 Å². The van der Waals surface area contributed by atoms with E-state index in [1.807, 2.05) is 0 Å². The van der Waals surface area contributed by atoms with Crippen molar-refractivity contribution in [2.24, 2.45) is 7.05 Å². The molecule has 0 aliphatic rings. The molecular weight excluding hydrogens is 510 g/mol. The highest BCUT2D eigenvalue weighted by Gasteiger charge is 2.24. The second-order valence-corrected chi connectivity index (χ2v) is 9.29. The number of halogens is 2. The van der Waals surface area contributed by atoms with Crippen molar-refractivity contribution in [2.45, 2.75) is 5.22 Å². The van der Waals surface area contributed by atoms with Gasteiger partial charge < -0.3 is 19.0 Å². The number of rotatable bonds is 6. The molecule has 3 heterocycles. The average Bonchev–Trinajstić information content (AvgIpc) is 3.50. The zero-order chi connectivity index (χ0) is 25.4. The molecule has 12 heteroatoms. The van der Waals surface area contributed by atoms with Gasteiger partial charge in [0.2, 0.25) is 0 Å². The first-order valence-corrected chi connectivity index (χ1v) is 12.4. The molecule has 0 radical (unpaired) electrons. The van der Waals surface area contributed by atoms with Gasteiger partial charge in [0.25, 0.3) is 16.7 Å². The summed E-state index contributed by atoms with van der Waals surface area (Å²) in [6.45, 7) is 0. The van der Waals surface area contributed by atoms with E-state index in [1.165, 1.54) is 53.0 Å². The lowest BCUT2D eigenvalue weighted by Crippen LogP contribution is -2.16. The van der Waals surface area contributed by atoms with Crippen molar-refractivity contribution in [3.8, 4) is 22.1 Å². The molecule has 8 nitrogen and oxygen atoms in total. The van der Waals surface area contributed by atoms with Gasteiger partial charge in [0.15, 0.2) is 16.6 Å². The van der Waals surface area contributed by atoms with Crippen molar-refractivity contribution >= 4 is 45.6 Å². The van der Waals surface area contributed by atoms with Gasteiger partial charge in [-0.25, -0.2) is 9.37 Å². The van der Waals surface area contributed by atoms with E-state index in [1.54, 1.807) is 25.4 Å². The molecule has 5 aromatic rings. The Labute approximate surface area is 210 Å². The van der Waals surface area contributed by atoms with Crippen molar-refractivity contribution in [2.75, 3.05) is 11.6 Å². The minimum atomic E-state index is -0.737. The highest BCUT2D eigenvalue weighted by Crippen LogP contribution is 2.34. The number of amides is 1. The SMILES string of the molecule is CSc1nc(C(=O)Nc2cc(Oc3ccc4ncn(C)c(=O)c4c3)ccc2F)c(-c2ccc(F)s2)o1. The Morgan fingerprint density at radius 3 is 2.67 bits per heavy atom. The van der Waals surface area contributed by atoms with Crippen LogP contribution in [0.5, 0.6) is 11.5 Å².